The molecule has 0 atom stereocenters. The predicted molar refractivity (Wildman–Crippen MR) is 217 cm³/mol. The van der Waals surface area contributed by atoms with Crippen molar-refractivity contribution in [2.24, 2.45) is 5.73 Å². The fraction of sp³-hybridized carbons (Fsp3) is 0. The zero-order valence-electron chi connectivity index (χ0n) is 27.4. The van der Waals surface area contributed by atoms with Gasteiger partial charge in [0.25, 0.3) is 0 Å². The predicted octanol–water partition coefficient (Wildman–Crippen LogP) is 12.7. The Morgan fingerprint density at radius 3 is 1.66 bits per heavy atom. The fourth-order valence-electron chi connectivity index (χ4n) is 6.72. The summed E-state index contributed by atoms with van der Waals surface area (Å²) in [7, 11) is 0. The van der Waals surface area contributed by atoms with Gasteiger partial charge < -0.3 is 11.1 Å². The molecule has 238 valence electrons. The Labute approximate surface area is 295 Å². The second kappa shape index (κ2) is 13.7. The van der Waals surface area contributed by atoms with Gasteiger partial charge in [0.2, 0.25) is 0 Å². The van der Waals surface area contributed by atoms with Crippen LogP contribution in [0.1, 0.15) is 11.1 Å². The lowest BCUT2D eigenvalue weighted by atomic mass is 9.94. The standard InChI is InChI=1S/C41H28N2S.C6H6/c42-37(26-11-2-1-3-12-26)25-38(43)30-16-9-14-28(24-30)27-13-8-15-29(23-27)31-21-10-22-36-39-34-19-6-4-17-32(34)33-18-5-7-20-35(33)41(39)44-40(31)36;1-2-4-6-5-3-1/h1-25,42H,43H2;1-6H/b38-25-,42-37?;. The molecule has 1 heterocycles. The summed E-state index contributed by atoms with van der Waals surface area (Å²) in [6.07, 6.45) is 1.74. The highest BCUT2D eigenvalue weighted by Crippen LogP contribution is 2.46. The molecule has 1 aromatic heterocycles. The maximum atomic E-state index is 8.49. The number of allylic oxidation sites excluding steroid dienone is 1. The minimum absolute atomic E-state index is 0.396. The normalized spacial score (nSPS) is 11.5. The van der Waals surface area contributed by atoms with Gasteiger partial charge in [0, 0.05) is 31.3 Å². The summed E-state index contributed by atoms with van der Waals surface area (Å²) in [6.45, 7) is 0. The van der Waals surface area contributed by atoms with E-state index < -0.39 is 0 Å². The van der Waals surface area contributed by atoms with Gasteiger partial charge in [0.15, 0.2) is 0 Å². The van der Waals surface area contributed by atoms with E-state index >= 15 is 0 Å². The van der Waals surface area contributed by atoms with Crippen LogP contribution in [0.4, 0.5) is 0 Å². The van der Waals surface area contributed by atoms with Crippen molar-refractivity contribution in [3.63, 3.8) is 0 Å². The first kappa shape index (κ1) is 31.0. The molecule has 8 aromatic carbocycles. The quantitative estimate of drug-likeness (QED) is 0.140. The second-order valence-corrected chi connectivity index (χ2v) is 13.3. The number of thiophene rings is 1. The molecule has 0 bridgehead atoms. The van der Waals surface area contributed by atoms with Crippen LogP contribution in [0.2, 0.25) is 0 Å². The molecule has 0 unspecified atom stereocenters. The maximum absolute atomic E-state index is 8.49. The van der Waals surface area contributed by atoms with Gasteiger partial charge in [-0.3, -0.25) is 0 Å². The molecule has 0 saturated carbocycles. The Kier molecular flexibility index (Phi) is 8.48. The molecule has 0 spiro atoms. The van der Waals surface area contributed by atoms with Gasteiger partial charge in [-0.2, -0.15) is 0 Å². The molecule has 9 rings (SSSR count). The van der Waals surface area contributed by atoms with E-state index in [2.05, 4.69) is 103 Å². The molecule has 3 heteroatoms. The van der Waals surface area contributed by atoms with E-state index in [1.807, 2.05) is 90.2 Å². The second-order valence-electron chi connectivity index (χ2n) is 12.3. The van der Waals surface area contributed by atoms with Crippen LogP contribution < -0.4 is 5.73 Å². The van der Waals surface area contributed by atoms with Crippen molar-refractivity contribution in [3.05, 3.63) is 199 Å². The molecule has 0 fully saturated rings. The molecule has 0 aliphatic carbocycles. The van der Waals surface area contributed by atoms with Crippen LogP contribution in [0.3, 0.4) is 0 Å². The lowest BCUT2D eigenvalue weighted by Gasteiger charge is -2.10. The third kappa shape index (κ3) is 5.96. The Balaban J connectivity index is 0.000000547. The van der Waals surface area contributed by atoms with Gasteiger partial charge in [-0.25, -0.2) is 0 Å². The molecule has 50 heavy (non-hydrogen) atoms. The average molecular weight is 659 g/mol. The minimum atomic E-state index is 0.396. The van der Waals surface area contributed by atoms with E-state index in [1.54, 1.807) is 6.08 Å². The molecule has 0 saturated heterocycles. The molecule has 9 aromatic rings. The summed E-state index contributed by atoms with van der Waals surface area (Å²) in [4.78, 5) is 0. The van der Waals surface area contributed by atoms with Crippen molar-refractivity contribution in [2.45, 2.75) is 0 Å². The first-order valence-corrected chi connectivity index (χ1v) is 17.5. The smallest absolute Gasteiger partial charge is 0.0632 e. The van der Waals surface area contributed by atoms with Crippen LogP contribution in [0, 0.1) is 5.41 Å². The number of rotatable bonds is 5. The van der Waals surface area contributed by atoms with Gasteiger partial charge in [0.1, 0.15) is 0 Å². The molecule has 0 aliphatic heterocycles. The topological polar surface area (TPSA) is 49.9 Å². The number of nitrogens with one attached hydrogen (secondary N) is 1. The summed E-state index contributed by atoms with van der Waals surface area (Å²) in [5.74, 6) is 0. The molecule has 2 nitrogen and oxygen atoms in total. The molecule has 0 radical (unpaired) electrons. The van der Waals surface area contributed by atoms with Crippen molar-refractivity contribution < 1.29 is 0 Å². The van der Waals surface area contributed by atoms with Crippen molar-refractivity contribution in [2.75, 3.05) is 0 Å². The van der Waals surface area contributed by atoms with E-state index in [-0.39, 0.29) is 0 Å². The summed E-state index contributed by atoms with van der Waals surface area (Å²) in [5.41, 5.74) is 13.9. The van der Waals surface area contributed by atoms with Crippen LogP contribution in [-0.2, 0) is 0 Å². The van der Waals surface area contributed by atoms with E-state index in [0.717, 1.165) is 22.3 Å². The third-order valence-electron chi connectivity index (χ3n) is 9.13. The Hall–Kier alpha value is -6.29. The summed E-state index contributed by atoms with van der Waals surface area (Å²) in [5, 5.41) is 16.4. The first-order valence-electron chi connectivity index (χ1n) is 16.7. The van der Waals surface area contributed by atoms with Crippen LogP contribution >= 0.6 is 11.3 Å². The third-order valence-corrected chi connectivity index (χ3v) is 10.4. The molecule has 0 aliphatic rings. The van der Waals surface area contributed by atoms with Gasteiger partial charge in [-0.05, 0) is 67.7 Å². The SMILES string of the molecule is N=C(/C=C(\N)c1cccc(-c2cccc(-c3cccc4c3sc3c5ccccc5c5ccccc5c43)c2)c1)c1ccccc1.c1ccccc1. The van der Waals surface area contributed by atoms with Gasteiger partial charge >= 0.3 is 0 Å². The van der Waals surface area contributed by atoms with Crippen LogP contribution in [0.25, 0.3) is 69.7 Å². The molecular weight excluding hydrogens is 625 g/mol. The molecule has 3 N–H and O–H groups in total. The number of hydrogen-bond donors (Lipinski definition) is 2. The highest BCUT2D eigenvalue weighted by molar-refractivity contribution is 7.27. The summed E-state index contributed by atoms with van der Waals surface area (Å²) >= 11 is 1.90. The zero-order valence-corrected chi connectivity index (χ0v) is 28.2. The monoisotopic (exact) mass is 658 g/mol. The number of hydrogen-bond acceptors (Lipinski definition) is 3. The fourth-order valence-corrected chi connectivity index (χ4v) is 8.11. The zero-order chi connectivity index (χ0) is 33.9. The number of fused-ring (bicyclic) bond motifs is 8. The minimum Gasteiger partial charge on any atom is -0.398 e. The van der Waals surface area contributed by atoms with Crippen LogP contribution in [0.15, 0.2) is 188 Å². The van der Waals surface area contributed by atoms with Gasteiger partial charge in [-0.15, -0.1) is 11.3 Å². The summed E-state index contributed by atoms with van der Waals surface area (Å²) < 4.78 is 2.65. The Morgan fingerprint density at radius 1 is 0.440 bits per heavy atom. The highest BCUT2D eigenvalue weighted by atomic mass is 32.1. The largest absolute Gasteiger partial charge is 0.398 e. The highest BCUT2D eigenvalue weighted by Gasteiger charge is 2.16. The summed E-state index contributed by atoms with van der Waals surface area (Å²) in [6, 6.07) is 63.0. The van der Waals surface area contributed by atoms with E-state index in [1.165, 1.54) is 52.8 Å². The lowest BCUT2D eigenvalue weighted by Crippen LogP contribution is -2.02. The molecular formula is C47H34N2S. The van der Waals surface area contributed by atoms with Crippen molar-refractivity contribution in [1.82, 2.24) is 0 Å². The van der Waals surface area contributed by atoms with Gasteiger partial charge in [0.05, 0.1) is 5.71 Å². The number of benzene rings is 8. The van der Waals surface area contributed by atoms with E-state index in [0.29, 0.717) is 11.4 Å². The van der Waals surface area contributed by atoms with Crippen LogP contribution in [-0.4, -0.2) is 5.71 Å². The Bertz CT molecular complexity index is 2640. The number of nitrogens with two attached hydrogens (primary N) is 1. The van der Waals surface area contributed by atoms with E-state index in [4.69, 9.17) is 11.1 Å². The maximum Gasteiger partial charge on any atom is 0.0632 e. The molecule has 0 amide bonds. The first-order chi connectivity index (χ1) is 24.7. The lowest BCUT2D eigenvalue weighted by molar-refractivity contribution is 1.47. The van der Waals surface area contributed by atoms with Crippen molar-refractivity contribution in [1.29, 1.82) is 5.41 Å². The van der Waals surface area contributed by atoms with Crippen molar-refractivity contribution in [3.8, 4) is 22.3 Å². The average Bonchev–Trinajstić information content (AvgIpc) is 3.60. The van der Waals surface area contributed by atoms with E-state index in [9.17, 15) is 0 Å². The van der Waals surface area contributed by atoms with Crippen molar-refractivity contribution >= 4 is 64.5 Å². The Morgan fingerprint density at radius 2 is 0.940 bits per heavy atom. The van der Waals surface area contributed by atoms with Crippen LogP contribution in [0.5, 0.6) is 0 Å². The van der Waals surface area contributed by atoms with Gasteiger partial charge in [-0.1, -0.05) is 170 Å².